The summed E-state index contributed by atoms with van der Waals surface area (Å²) >= 11 is 3.39. The number of rotatable bonds is 3. The fourth-order valence-corrected chi connectivity index (χ4v) is 2.30. The van der Waals surface area contributed by atoms with Crippen molar-refractivity contribution in [3.63, 3.8) is 0 Å². The summed E-state index contributed by atoms with van der Waals surface area (Å²) in [7, 11) is 1.55. The second kappa shape index (κ2) is 5.92. The minimum atomic E-state index is -0.311. The first-order valence-corrected chi connectivity index (χ1v) is 6.67. The Labute approximate surface area is 125 Å². The van der Waals surface area contributed by atoms with Crippen molar-refractivity contribution >= 4 is 33.2 Å². The van der Waals surface area contributed by atoms with Crippen molar-refractivity contribution in [2.45, 2.75) is 6.92 Å². The number of carbonyl (C=O) groups excluding carboxylic acids is 1. The topological polar surface area (TPSA) is 77.2 Å². The van der Waals surface area contributed by atoms with Crippen LogP contribution in [0.25, 0.3) is 0 Å². The molecule has 0 spiro atoms. The molecule has 0 fully saturated rings. The number of hydrogen-bond donors (Lipinski definition) is 2. The van der Waals surface area contributed by atoms with E-state index >= 15 is 0 Å². The van der Waals surface area contributed by atoms with Gasteiger partial charge in [-0.15, -0.1) is 0 Å². The number of nitrogens with one attached hydrogen (secondary N) is 1. The number of nitrogen functional groups attached to an aromatic ring is 1. The Morgan fingerprint density at radius 2 is 2.15 bits per heavy atom. The highest BCUT2D eigenvalue weighted by Gasteiger charge is 2.13. The van der Waals surface area contributed by atoms with Crippen LogP contribution in [0, 0.1) is 6.92 Å². The number of nitrogens with zero attached hydrogens (tertiary/aromatic N) is 1. The fourth-order valence-electron chi connectivity index (χ4n) is 1.75. The third-order valence-corrected chi connectivity index (χ3v) is 3.20. The second-order valence-corrected chi connectivity index (χ2v) is 5.15. The van der Waals surface area contributed by atoms with E-state index in [1.807, 2.05) is 13.0 Å². The molecule has 1 amide bonds. The molecular weight excluding hydrogens is 322 g/mol. The largest absolute Gasteiger partial charge is 0.495 e. The molecule has 0 aliphatic heterocycles. The Morgan fingerprint density at radius 3 is 2.75 bits per heavy atom. The smallest absolute Gasteiger partial charge is 0.274 e. The highest BCUT2D eigenvalue weighted by atomic mass is 79.9. The third kappa shape index (κ3) is 3.08. The molecule has 2 aromatic rings. The normalized spacial score (nSPS) is 10.2. The summed E-state index contributed by atoms with van der Waals surface area (Å²) in [5, 5.41) is 2.80. The zero-order chi connectivity index (χ0) is 14.7. The average Bonchev–Trinajstić information content (AvgIpc) is 2.42. The minimum Gasteiger partial charge on any atom is -0.495 e. The number of hydrogen-bond acceptors (Lipinski definition) is 4. The number of amides is 1. The molecule has 3 N–H and O–H groups in total. The van der Waals surface area contributed by atoms with Crippen molar-refractivity contribution in [3.05, 3.63) is 46.2 Å². The van der Waals surface area contributed by atoms with Gasteiger partial charge in [0.2, 0.25) is 0 Å². The molecule has 1 aromatic heterocycles. The third-order valence-electron chi connectivity index (χ3n) is 2.74. The van der Waals surface area contributed by atoms with Crippen molar-refractivity contribution in [3.8, 4) is 5.75 Å². The Balaban J connectivity index is 2.30. The number of pyridine rings is 1. The number of aryl methyl sites for hydroxylation is 1. The van der Waals surface area contributed by atoms with E-state index in [0.29, 0.717) is 22.8 Å². The fraction of sp³-hybridized carbons (Fsp3) is 0.143. The van der Waals surface area contributed by atoms with E-state index in [2.05, 4.69) is 26.2 Å². The predicted molar refractivity (Wildman–Crippen MR) is 82.0 cm³/mol. The zero-order valence-corrected chi connectivity index (χ0v) is 12.7. The first-order chi connectivity index (χ1) is 9.51. The van der Waals surface area contributed by atoms with Gasteiger partial charge in [0.25, 0.3) is 5.91 Å². The molecule has 5 nitrogen and oxygen atoms in total. The number of halogens is 1. The minimum absolute atomic E-state index is 0.295. The van der Waals surface area contributed by atoms with Crippen LogP contribution in [-0.2, 0) is 0 Å². The molecule has 0 unspecified atom stereocenters. The number of anilines is 2. The molecule has 0 saturated heterocycles. The van der Waals surface area contributed by atoms with Crippen molar-refractivity contribution < 1.29 is 9.53 Å². The van der Waals surface area contributed by atoms with Gasteiger partial charge in [0.05, 0.1) is 24.7 Å². The number of aromatic nitrogens is 1. The summed E-state index contributed by atoms with van der Waals surface area (Å²) in [4.78, 5) is 16.1. The monoisotopic (exact) mass is 335 g/mol. The number of ether oxygens (including phenoxy) is 1. The van der Waals surface area contributed by atoms with Gasteiger partial charge < -0.3 is 15.8 Å². The molecule has 20 heavy (non-hydrogen) atoms. The van der Waals surface area contributed by atoms with Gasteiger partial charge in [0.15, 0.2) is 0 Å². The molecule has 104 valence electrons. The van der Waals surface area contributed by atoms with Gasteiger partial charge >= 0.3 is 0 Å². The molecule has 0 bridgehead atoms. The maximum atomic E-state index is 12.1. The molecule has 2 rings (SSSR count). The van der Waals surface area contributed by atoms with E-state index in [4.69, 9.17) is 10.5 Å². The molecule has 0 aliphatic carbocycles. The van der Waals surface area contributed by atoms with Crippen LogP contribution in [0.5, 0.6) is 5.75 Å². The van der Waals surface area contributed by atoms with Crippen LogP contribution in [0.15, 0.2) is 34.9 Å². The van der Waals surface area contributed by atoms with Crippen LogP contribution in [0.4, 0.5) is 11.4 Å². The van der Waals surface area contributed by atoms with Crippen molar-refractivity contribution in [2.24, 2.45) is 0 Å². The predicted octanol–water partition coefficient (Wildman–Crippen LogP) is 3.00. The Kier molecular flexibility index (Phi) is 4.24. The van der Waals surface area contributed by atoms with Crippen LogP contribution in [0.2, 0.25) is 0 Å². The summed E-state index contributed by atoms with van der Waals surface area (Å²) in [5.74, 6) is 0.273. The molecule has 0 saturated carbocycles. The lowest BCUT2D eigenvalue weighted by atomic mass is 10.1. The molecule has 6 heteroatoms. The lowest BCUT2D eigenvalue weighted by Gasteiger charge is -2.13. The number of benzene rings is 1. The molecule has 1 heterocycles. The van der Waals surface area contributed by atoms with Crippen molar-refractivity contribution in [1.82, 2.24) is 4.98 Å². The summed E-state index contributed by atoms with van der Waals surface area (Å²) in [6.45, 7) is 1.89. The molecular formula is C14H14BrN3O2. The van der Waals surface area contributed by atoms with E-state index in [0.717, 1.165) is 10.0 Å². The van der Waals surface area contributed by atoms with E-state index in [1.165, 1.54) is 6.20 Å². The average molecular weight is 336 g/mol. The van der Waals surface area contributed by atoms with Crippen LogP contribution in [0.3, 0.4) is 0 Å². The van der Waals surface area contributed by atoms with Crippen LogP contribution in [-0.4, -0.2) is 18.0 Å². The SMILES string of the molecule is COc1cc(Br)cc(C)c1NC(=O)c1ccc(N)cn1. The van der Waals surface area contributed by atoms with Crippen molar-refractivity contribution in [1.29, 1.82) is 0 Å². The summed E-state index contributed by atoms with van der Waals surface area (Å²) in [6.07, 6.45) is 1.45. The van der Waals surface area contributed by atoms with Gasteiger partial charge in [-0.3, -0.25) is 4.79 Å². The van der Waals surface area contributed by atoms with Crippen molar-refractivity contribution in [2.75, 3.05) is 18.2 Å². The Hall–Kier alpha value is -2.08. The molecule has 0 radical (unpaired) electrons. The van der Waals surface area contributed by atoms with Gasteiger partial charge in [-0.05, 0) is 36.8 Å². The lowest BCUT2D eigenvalue weighted by Crippen LogP contribution is -2.15. The van der Waals surface area contributed by atoms with E-state index < -0.39 is 0 Å². The van der Waals surface area contributed by atoms with E-state index in [-0.39, 0.29) is 5.91 Å². The molecule has 0 aliphatic rings. The van der Waals surface area contributed by atoms with E-state index in [9.17, 15) is 4.79 Å². The summed E-state index contributed by atoms with van der Waals surface area (Å²) < 4.78 is 6.16. The first-order valence-electron chi connectivity index (χ1n) is 5.88. The second-order valence-electron chi connectivity index (χ2n) is 4.23. The van der Waals surface area contributed by atoms with Gasteiger partial charge in [-0.25, -0.2) is 4.98 Å². The van der Waals surface area contributed by atoms with Crippen LogP contribution < -0.4 is 15.8 Å². The zero-order valence-electron chi connectivity index (χ0n) is 11.1. The number of nitrogens with two attached hydrogens (primary N) is 1. The van der Waals surface area contributed by atoms with Gasteiger partial charge in [0, 0.05) is 4.47 Å². The van der Waals surface area contributed by atoms with Crippen LogP contribution >= 0.6 is 15.9 Å². The van der Waals surface area contributed by atoms with Crippen LogP contribution in [0.1, 0.15) is 16.1 Å². The Bertz CT molecular complexity index is 642. The molecule has 1 aromatic carbocycles. The van der Waals surface area contributed by atoms with Gasteiger partial charge in [0.1, 0.15) is 11.4 Å². The maximum absolute atomic E-state index is 12.1. The number of methoxy groups -OCH3 is 1. The maximum Gasteiger partial charge on any atom is 0.274 e. The summed E-state index contributed by atoms with van der Waals surface area (Å²) in [5.41, 5.74) is 7.87. The quantitative estimate of drug-likeness (QED) is 0.903. The molecule has 0 atom stereocenters. The number of carbonyl (C=O) groups is 1. The first kappa shape index (κ1) is 14.3. The highest BCUT2D eigenvalue weighted by Crippen LogP contribution is 2.32. The van der Waals surface area contributed by atoms with Gasteiger partial charge in [-0.1, -0.05) is 15.9 Å². The van der Waals surface area contributed by atoms with E-state index in [1.54, 1.807) is 25.3 Å². The lowest BCUT2D eigenvalue weighted by molar-refractivity contribution is 0.102. The summed E-state index contributed by atoms with van der Waals surface area (Å²) in [6, 6.07) is 6.90. The standard InChI is InChI=1S/C14H14BrN3O2/c1-8-5-9(15)6-12(20-2)13(8)18-14(19)11-4-3-10(16)7-17-11/h3-7H,16H2,1-2H3,(H,18,19). The Morgan fingerprint density at radius 1 is 1.40 bits per heavy atom. The highest BCUT2D eigenvalue weighted by molar-refractivity contribution is 9.10. The van der Waals surface area contributed by atoms with Gasteiger partial charge in [-0.2, -0.15) is 0 Å².